The van der Waals surface area contributed by atoms with Gasteiger partial charge in [-0.15, -0.1) is 16.7 Å². The maximum absolute atomic E-state index is 12.6. The molecule has 1 amide bonds. The van der Waals surface area contributed by atoms with Gasteiger partial charge in [0.2, 0.25) is 0 Å². The van der Waals surface area contributed by atoms with Crippen molar-refractivity contribution in [1.82, 2.24) is 15.3 Å². The molecule has 1 aromatic carbocycles. The van der Waals surface area contributed by atoms with Crippen LogP contribution < -0.4 is 5.32 Å². The van der Waals surface area contributed by atoms with E-state index in [1.807, 2.05) is 12.1 Å². The second-order valence-electron chi connectivity index (χ2n) is 5.96. The van der Waals surface area contributed by atoms with Gasteiger partial charge in [-0.25, -0.2) is 0 Å². The monoisotopic (exact) mass is 362 g/mol. The molecular weight excluding hydrogens is 348 g/mol. The number of fused-ring (bicyclic) bond motifs is 2. The van der Waals surface area contributed by atoms with Gasteiger partial charge >= 0.3 is 0 Å². The number of Topliss-reactive ketones (excluding diaryl/α,β-unsaturated/α-hetero) is 1. The van der Waals surface area contributed by atoms with Crippen LogP contribution >= 0.6 is 11.8 Å². The molecule has 0 radical (unpaired) electrons. The lowest BCUT2D eigenvalue weighted by molar-refractivity contribution is 0.0950. The fourth-order valence-corrected chi connectivity index (χ4v) is 3.82. The summed E-state index contributed by atoms with van der Waals surface area (Å²) in [7, 11) is 0. The summed E-state index contributed by atoms with van der Waals surface area (Å²) < 4.78 is 0. The molecule has 1 aliphatic rings. The number of hydrogen-bond donors (Lipinski definition) is 2. The molecule has 0 spiro atoms. The van der Waals surface area contributed by atoms with E-state index in [0.29, 0.717) is 23.6 Å². The minimum absolute atomic E-state index is 0.0767. The molecule has 0 aliphatic carbocycles. The van der Waals surface area contributed by atoms with Crippen LogP contribution in [0.3, 0.4) is 0 Å². The van der Waals surface area contributed by atoms with E-state index in [4.69, 9.17) is 6.57 Å². The number of benzene rings is 1. The number of hydrogen-bond acceptors (Lipinski definition) is 4. The fraction of sp³-hybridized carbons (Fsp3) is 0.158. The number of amides is 1. The maximum Gasteiger partial charge on any atom is 0.270 e. The van der Waals surface area contributed by atoms with Crippen molar-refractivity contribution in [3.8, 4) is 0 Å². The van der Waals surface area contributed by atoms with Crippen LogP contribution in [0.25, 0.3) is 15.7 Å². The Labute approximate surface area is 153 Å². The smallest absolute Gasteiger partial charge is 0.270 e. The number of pyridine rings is 1. The van der Waals surface area contributed by atoms with Crippen LogP contribution in [0.2, 0.25) is 0 Å². The first-order valence-corrected chi connectivity index (χ1v) is 9.06. The number of rotatable bonds is 3. The Kier molecular flexibility index (Phi) is 4.19. The third kappa shape index (κ3) is 3.07. The zero-order valence-corrected chi connectivity index (χ0v) is 14.5. The summed E-state index contributed by atoms with van der Waals surface area (Å²) in [4.78, 5) is 36.1. The number of aromatic nitrogens is 2. The minimum atomic E-state index is -0.0948. The molecule has 0 saturated heterocycles. The molecule has 0 atom stereocenters. The number of carbonyl (C=O) groups excluding carboxylic acids is 2. The molecule has 3 heterocycles. The van der Waals surface area contributed by atoms with Crippen LogP contribution in [-0.2, 0) is 6.42 Å². The van der Waals surface area contributed by atoms with Crippen molar-refractivity contribution in [2.75, 3.05) is 12.3 Å². The van der Waals surface area contributed by atoms with E-state index < -0.39 is 0 Å². The van der Waals surface area contributed by atoms with E-state index >= 15 is 0 Å². The molecule has 0 bridgehead atoms. The summed E-state index contributed by atoms with van der Waals surface area (Å²) in [6.07, 6.45) is 1.75. The summed E-state index contributed by atoms with van der Waals surface area (Å²) in [5.41, 5.74) is 2.61. The lowest BCUT2D eigenvalue weighted by Gasteiger charge is -2.07. The second kappa shape index (κ2) is 6.65. The average molecular weight is 362 g/mol. The van der Waals surface area contributed by atoms with Crippen LogP contribution in [0.4, 0.5) is 5.82 Å². The van der Waals surface area contributed by atoms with E-state index in [-0.39, 0.29) is 18.1 Å². The first kappa shape index (κ1) is 16.4. The molecular formula is C19H14N4O2S. The summed E-state index contributed by atoms with van der Waals surface area (Å²) in [6.45, 7) is 7.66. The fourth-order valence-electron chi connectivity index (χ4n) is 2.92. The third-order valence-electron chi connectivity index (χ3n) is 4.20. The molecule has 6 nitrogen and oxygen atoms in total. The highest BCUT2D eigenvalue weighted by molar-refractivity contribution is 7.99. The topological polar surface area (TPSA) is 79.2 Å². The number of ketones is 1. The third-order valence-corrected chi connectivity index (χ3v) is 5.28. The number of nitrogens with one attached hydrogen (secondary N) is 2. The summed E-state index contributed by atoms with van der Waals surface area (Å²) in [5.74, 6) is 0.965. The number of nitrogens with zero attached hydrogens (tertiary/aromatic N) is 2. The lowest BCUT2D eigenvalue weighted by Crippen LogP contribution is -2.24. The van der Waals surface area contributed by atoms with Gasteiger partial charge in [-0.3, -0.25) is 9.59 Å². The molecule has 3 aromatic rings. The highest BCUT2D eigenvalue weighted by Crippen LogP contribution is 2.26. The van der Waals surface area contributed by atoms with E-state index in [0.717, 1.165) is 27.1 Å². The molecule has 2 aromatic heterocycles. The number of thioether (sulfide) groups is 1. The molecule has 0 fully saturated rings. The molecule has 0 unspecified atom stereocenters. The molecule has 4 rings (SSSR count). The molecule has 1 aliphatic heterocycles. The van der Waals surface area contributed by atoms with Gasteiger partial charge < -0.3 is 15.1 Å². The molecule has 26 heavy (non-hydrogen) atoms. The Morgan fingerprint density at radius 3 is 3.04 bits per heavy atom. The zero-order valence-electron chi connectivity index (χ0n) is 13.7. The van der Waals surface area contributed by atoms with Crippen molar-refractivity contribution in [2.45, 2.75) is 11.3 Å². The van der Waals surface area contributed by atoms with Gasteiger partial charge in [-0.2, -0.15) is 0 Å². The van der Waals surface area contributed by atoms with Gasteiger partial charge in [0.1, 0.15) is 6.20 Å². The second-order valence-corrected chi connectivity index (χ2v) is 7.10. The summed E-state index contributed by atoms with van der Waals surface area (Å²) >= 11 is 1.64. The Balaban J connectivity index is 1.60. The van der Waals surface area contributed by atoms with Gasteiger partial charge in [0.15, 0.2) is 5.78 Å². The predicted molar refractivity (Wildman–Crippen MR) is 99.9 cm³/mol. The van der Waals surface area contributed by atoms with Crippen molar-refractivity contribution in [3.63, 3.8) is 0 Å². The predicted octanol–water partition coefficient (Wildman–Crippen LogP) is 3.37. The van der Waals surface area contributed by atoms with E-state index in [1.54, 1.807) is 36.2 Å². The van der Waals surface area contributed by atoms with E-state index in [2.05, 4.69) is 20.1 Å². The Morgan fingerprint density at radius 2 is 2.19 bits per heavy atom. The average Bonchev–Trinajstić information content (AvgIpc) is 3.00. The standard InChI is InChI=1S/C19H14N4O2S/c1-20-18-9-12-8-14(23-15(12)10-22-18)16(24)7-11-2-3-17-13(6-11)19(25)21-4-5-26-17/h2-3,6,8-10,23H,4-5,7H2,(H,21,25). The van der Waals surface area contributed by atoms with Gasteiger partial charge in [-0.1, -0.05) is 12.6 Å². The number of carbonyl (C=O) groups is 2. The SMILES string of the molecule is [C-]#[N+]c1cc2cc(C(=O)Cc3ccc4c(c3)C(=O)NCCS4)[nH]c2cn1. The van der Waals surface area contributed by atoms with Gasteiger partial charge in [0.25, 0.3) is 11.7 Å². The largest absolute Gasteiger partial charge is 0.361 e. The molecule has 7 heteroatoms. The molecule has 2 N–H and O–H groups in total. The normalized spacial score (nSPS) is 13.6. The Morgan fingerprint density at radius 1 is 1.31 bits per heavy atom. The van der Waals surface area contributed by atoms with Crippen LogP contribution in [0, 0.1) is 6.57 Å². The van der Waals surface area contributed by atoms with Gasteiger partial charge in [0, 0.05) is 23.6 Å². The van der Waals surface area contributed by atoms with Crippen molar-refractivity contribution in [2.24, 2.45) is 0 Å². The Bertz CT molecular complexity index is 1080. The van der Waals surface area contributed by atoms with Gasteiger partial charge in [-0.05, 0) is 35.2 Å². The van der Waals surface area contributed by atoms with Gasteiger partial charge in [0.05, 0.1) is 16.8 Å². The van der Waals surface area contributed by atoms with E-state index in [1.165, 1.54) is 0 Å². The van der Waals surface area contributed by atoms with Crippen LogP contribution in [0.1, 0.15) is 26.4 Å². The van der Waals surface area contributed by atoms with Crippen molar-refractivity contribution >= 4 is 40.2 Å². The van der Waals surface area contributed by atoms with E-state index in [9.17, 15) is 9.59 Å². The van der Waals surface area contributed by atoms with Crippen LogP contribution in [0.15, 0.2) is 41.4 Å². The quantitative estimate of drug-likeness (QED) is 0.553. The summed E-state index contributed by atoms with van der Waals surface area (Å²) in [6, 6.07) is 8.98. The first-order chi connectivity index (χ1) is 12.6. The first-order valence-electron chi connectivity index (χ1n) is 8.07. The van der Waals surface area contributed by atoms with Crippen LogP contribution in [0.5, 0.6) is 0 Å². The van der Waals surface area contributed by atoms with Crippen molar-refractivity contribution in [1.29, 1.82) is 0 Å². The highest BCUT2D eigenvalue weighted by Gasteiger charge is 2.18. The summed E-state index contributed by atoms with van der Waals surface area (Å²) in [5, 5.41) is 3.64. The van der Waals surface area contributed by atoms with Crippen molar-refractivity contribution in [3.05, 3.63) is 64.8 Å². The number of H-pyrrole nitrogens is 1. The maximum atomic E-state index is 12.6. The zero-order chi connectivity index (χ0) is 18.1. The number of aromatic amines is 1. The van der Waals surface area contributed by atoms with Crippen LogP contribution in [-0.4, -0.2) is 34.0 Å². The Hall–Kier alpha value is -3.11. The van der Waals surface area contributed by atoms with Crippen molar-refractivity contribution < 1.29 is 9.59 Å². The minimum Gasteiger partial charge on any atom is -0.361 e. The lowest BCUT2D eigenvalue weighted by atomic mass is 10.0. The highest BCUT2D eigenvalue weighted by atomic mass is 32.2. The molecule has 0 saturated carbocycles. The molecule has 128 valence electrons.